The predicted octanol–water partition coefficient (Wildman–Crippen LogP) is 1.99. The van der Waals surface area contributed by atoms with Crippen molar-refractivity contribution >= 4 is 0 Å². The van der Waals surface area contributed by atoms with E-state index in [2.05, 4.69) is 56.6 Å². The maximum atomic E-state index is 2.43. The second kappa shape index (κ2) is 9.86. The first-order valence-corrected chi connectivity index (χ1v) is 7.08. The van der Waals surface area contributed by atoms with E-state index in [1.807, 2.05) is 0 Å². The van der Waals surface area contributed by atoms with Crippen LogP contribution in [-0.2, 0) is 0 Å². The summed E-state index contributed by atoms with van der Waals surface area (Å²) in [5, 5.41) is 0. The Morgan fingerprint density at radius 3 is 1.59 bits per heavy atom. The molecule has 0 saturated carbocycles. The summed E-state index contributed by atoms with van der Waals surface area (Å²) in [5.41, 5.74) is 0. The molecule has 0 aromatic heterocycles. The van der Waals surface area contributed by atoms with Crippen LogP contribution in [0.25, 0.3) is 0 Å². The van der Waals surface area contributed by atoms with Crippen LogP contribution in [0.5, 0.6) is 0 Å². The number of rotatable bonds is 2. The van der Waals surface area contributed by atoms with Crippen molar-refractivity contribution in [1.29, 1.82) is 0 Å². The molecule has 2 aliphatic heterocycles. The zero-order valence-corrected chi connectivity index (χ0v) is 12.9. The minimum Gasteiger partial charge on any atom is -0.310 e. The molecule has 0 radical (unpaired) electrons. The Hall–Kier alpha value is -0.120. The van der Waals surface area contributed by atoms with Gasteiger partial charge >= 0.3 is 0 Å². The van der Waals surface area contributed by atoms with Crippen LogP contribution in [0.4, 0.5) is 0 Å². The van der Waals surface area contributed by atoms with Crippen LogP contribution in [0.2, 0.25) is 0 Å². The highest BCUT2D eigenvalue weighted by Gasteiger charge is 2.17. The van der Waals surface area contributed by atoms with Crippen molar-refractivity contribution in [2.75, 3.05) is 53.9 Å². The fourth-order valence-corrected chi connectivity index (χ4v) is 1.34. The minimum atomic E-state index is 0.866. The van der Waals surface area contributed by atoms with Crippen LogP contribution in [0.1, 0.15) is 33.6 Å². The Labute approximate surface area is 109 Å². The van der Waals surface area contributed by atoms with Gasteiger partial charge in [0.15, 0.2) is 0 Å². The SMILES string of the molecule is CCN(C)C.CCN1CCC1.C[C@H]1CCN1C. The molecule has 3 nitrogen and oxygen atoms in total. The normalized spacial score (nSPS) is 23.8. The smallest absolute Gasteiger partial charge is 0.00760 e. The third-order valence-corrected chi connectivity index (χ3v) is 3.68. The summed E-state index contributed by atoms with van der Waals surface area (Å²) < 4.78 is 0. The van der Waals surface area contributed by atoms with Crippen molar-refractivity contribution in [2.24, 2.45) is 0 Å². The van der Waals surface area contributed by atoms with Gasteiger partial charge in [0.2, 0.25) is 0 Å². The molecule has 2 aliphatic rings. The molecule has 2 saturated heterocycles. The molecule has 2 rings (SSSR count). The second-order valence-corrected chi connectivity index (χ2v) is 5.30. The molecule has 0 unspecified atom stereocenters. The first-order valence-electron chi connectivity index (χ1n) is 7.08. The number of likely N-dealkylation sites (tertiary alicyclic amines) is 2. The van der Waals surface area contributed by atoms with Gasteiger partial charge in [-0.25, -0.2) is 0 Å². The van der Waals surface area contributed by atoms with Crippen molar-refractivity contribution in [2.45, 2.75) is 39.7 Å². The fourth-order valence-electron chi connectivity index (χ4n) is 1.34. The van der Waals surface area contributed by atoms with E-state index in [-0.39, 0.29) is 0 Å². The van der Waals surface area contributed by atoms with E-state index in [4.69, 9.17) is 0 Å². The average molecular weight is 243 g/mol. The van der Waals surface area contributed by atoms with Crippen LogP contribution >= 0.6 is 0 Å². The van der Waals surface area contributed by atoms with E-state index < -0.39 is 0 Å². The van der Waals surface area contributed by atoms with Gasteiger partial charge in [0.1, 0.15) is 0 Å². The molecule has 0 bridgehead atoms. The van der Waals surface area contributed by atoms with Gasteiger partial charge in [-0.2, -0.15) is 0 Å². The summed E-state index contributed by atoms with van der Waals surface area (Å²) in [6, 6.07) is 0.866. The van der Waals surface area contributed by atoms with Crippen molar-refractivity contribution in [3.63, 3.8) is 0 Å². The lowest BCUT2D eigenvalue weighted by Crippen LogP contribution is -2.41. The van der Waals surface area contributed by atoms with Gasteiger partial charge < -0.3 is 14.7 Å². The lowest BCUT2D eigenvalue weighted by Gasteiger charge is -2.34. The van der Waals surface area contributed by atoms with E-state index in [0.29, 0.717) is 0 Å². The van der Waals surface area contributed by atoms with Crippen LogP contribution in [0.15, 0.2) is 0 Å². The number of nitrogens with zero attached hydrogens (tertiary/aromatic N) is 3. The molecular weight excluding hydrogens is 210 g/mol. The molecule has 1 atom stereocenters. The summed E-state index contributed by atoms with van der Waals surface area (Å²) in [6.45, 7) is 13.0. The van der Waals surface area contributed by atoms with Gasteiger partial charge in [0, 0.05) is 6.04 Å². The highest BCUT2D eigenvalue weighted by molar-refractivity contribution is 4.73. The van der Waals surface area contributed by atoms with Crippen LogP contribution < -0.4 is 0 Å². The molecular formula is C14H33N3. The van der Waals surface area contributed by atoms with Crippen LogP contribution in [0, 0.1) is 0 Å². The van der Waals surface area contributed by atoms with Crippen molar-refractivity contribution < 1.29 is 0 Å². The fraction of sp³-hybridized carbons (Fsp3) is 1.00. The Balaban J connectivity index is 0.000000228. The van der Waals surface area contributed by atoms with Gasteiger partial charge in [-0.15, -0.1) is 0 Å². The maximum absolute atomic E-state index is 2.43. The highest BCUT2D eigenvalue weighted by Crippen LogP contribution is 2.11. The summed E-state index contributed by atoms with van der Waals surface area (Å²) >= 11 is 0. The van der Waals surface area contributed by atoms with E-state index in [1.165, 1.54) is 39.0 Å². The van der Waals surface area contributed by atoms with Crippen molar-refractivity contribution in [3.8, 4) is 0 Å². The molecule has 0 aromatic rings. The molecule has 104 valence electrons. The van der Waals surface area contributed by atoms with E-state index >= 15 is 0 Å². The van der Waals surface area contributed by atoms with E-state index in [0.717, 1.165) is 12.6 Å². The zero-order valence-electron chi connectivity index (χ0n) is 12.9. The summed E-state index contributed by atoms with van der Waals surface area (Å²) in [4.78, 5) is 6.90. The molecule has 0 aliphatic carbocycles. The van der Waals surface area contributed by atoms with Gasteiger partial charge in [0.05, 0.1) is 0 Å². The van der Waals surface area contributed by atoms with Gasteiger partial charge in [0.25, 0.3) is 0 Å². The summed E-state index contributed by atoms with van der Waals surface area (Å²) in [7, 11) is 6.27. The van der Waals surface area contributed by atoms with E-state index in [1.54, 1.807) is 0 Å². The molecule has 0 aromatic carbocycles. The molecule has 2 heterocycles. The number of hydrogen-bond acceptors (Lipinski definition) is 3. The van der Waals surface area contributed by atoms with Crippen LogP contribution in [0.3, 0.4) is 0 Å². The monoisotopic (exact) mass is 243 g/mol. The maximum Gasteiger partial charge on any atom is 0.00760 e. The summed E-state index contributed by atoms with van der Waals surface area (Å²) in [6.07, 6.45) is 2.82. The number of hydrogen-bond donors (Lipinski definition) is 0. The Morgan fingerprint density at radius 1 is 1.12 bits per heavy atom. The Bertz CT molecular complexity index is 156. The quantitative estimate of drug-likeness (QED) is 0.734. The van der Waals surface area contributed by atoms with Gasteiger partial charge in [-0.1, -0.05) is 13.8 Å². The minimum absolute atomic E-state index is 0.866. The molecule has 2 fully saturated rings. The average Bonchev–Trinajstić information content (AvgIpc) is 2.26. The zero-order chi connectivity index (χ0) is 13.3. The predicted molar refractivity (Wildman–Crippen MR) is 77.7 cm³/mol. The Kier molecular flexibility index (Phi) is 9.79. The molecule has 3 heteroatoms. The third kappa shape index (κ3) is 8.58. The molecule has 0 N–H and O–H groups in total. The highest BCUT2D eigenvalue weighted by atomic mass is 15.2. The van der Waals surface area contributed by atoms with Gasteiger partial charge in [-0.3, -0.25) is 0 Å². The molecule has 0 spiro atoms. The Morgan fingerprint density at radius 2 is 1.59 bits per heavy atom. The third-order valence-electron chi connectivity index (χ3n) is 3.68. The lowest BCUT2D eigenvalue weighted by atomic mass is 10.1. The van der Waals surface area contributed by atoms with Crippen molar-refractivity contribution in [3.05, 3.63) is 0 Å². The first kappa shape index (κ1) is 16.9. The topological polar surface area (TPSA) is 9.72 Å². The molecule has 0 amide bonds. The standard InChI is InChI=1S/2C5H11N.C4H11N/c1-5-3-4-6(5)2;1-2-6-4-3-5-6;1-4-5(2)3/h5H,3-4H2,1-2H3;2-5H2,1H3;4H2,1-3H3/t5-;;/m0../s1. The molecule has 17 heavy (non-hydrogen) atoms. The van der Waals surface area contributed by atoms with E-state index in [9.17, 15) is 0 Å². The lowest BCUT2D eigenvalue weighted by molar-refractivity contribution is 0.143. The first-order chi connectivity index (χ1) is 8.01. The van der Waals surface area contributed by atoms with Crippen molar-refractivity contribution in [1.82, 2.24) is 14.7 Å². The second-order valence-electron chi connectivity index (χ2n) is 5.30. The van der Waals surface area contributed by atoms with Crippen LogP contribution in [-0.4, -0.2) is 74.6 Å². The summed E-state index contributed by atoms with van der Waals surface area (Å²) in [5.74, 6) is 0. The largest absolute Gasteiger partial charge is 0.310 e. The van der Waals surface area contributed by atoms with Gasteiger partial charge in [-0.05, 0) is 73.6 Å².